The molecule has 0 spiro atoms. The molecule has 1 heterocycles. The summed E-state index contributed by atoms with van der Waals surface area (Å²) in [4.78, 5) is 2.35. The van der Waals surface area contributed by atoms with Gasteiger partial charge < -0.3 is 5.32 Å². The van der Waals surface area contributed by atoms with Gasteiger partial charge in [0.2, 0.25) is 10.0 Å². The molecule has 1 aliphatic rings. The molecule has 0 aromatic carbocycles. The maximum atomic E-state index is 11.8. The van der Waals surface area contributed by atoms with E-state index in [1.54, 1.807) is 0 Å². The lowest BCUT2D eigenvalue weighted by Gasteiger charge is -2.23. The van der Waals surface area contributed by atoms with Crippen molar-refractivity contribution in [1.82, 2.24) is 14.9 Å². The van der Waals surface area contributed by atoms with Crippen LogP contribution in [0.2, 0.25) is 0 Å². The molecule has 0 saturated carbocycles. The van der Waals surface area contributed by atoms with Crippen LogP contribution in [0.4, 0.5) is 0 Å². The Labute approximate surface area is 111 Å². The highest BCUT2D eigenvalue weighted by Gasteiger charge is 2.19. The summed E-state index contributed by atoms with van der Waals surface area (Å²) in [5.41, 5.74) is 0. The van der Waals surface area contributed by atoms with E-state index in [0.717, 1.165) is 26.2 Å². The van der Waals surface area contributed by atoms with Gasteiger partial charge in [-0.1, -0.05) is 6.92 Å². The second kappa shape index (κ2) is 8.09. The zero-order chi connectivity index (χ0) is 13.4. The summed E-state index contributed by atoms with van der Waals surface area (Å²) in [5, 5.41) is 3.13. The number of nitrogens with one attached hydrogen (secondary N) is 2. The predicted octanol–water partition coefficient (Wildman–Crippen LogP) is 0.390. The van der Waals surface area contributed by atoms with Crippen molar-refractivity contribution in [3.63, 3.8) is 0 Å². The molecule has 1 aliphatic heterocycles. The maximum Gasteiger partial charge on any atom is 0.211 e. The number of rotatable bonds is 9. The number of likely N-dealkylation sites (tertiary alicyclic amines) is 1. The third-order valence-electron chi connectivity index (χ3n) is 3.38. The first kappa shape index (κ1) is 15.9. The van der Waals surface area contributed by atoms with Gasteiger partial charge in [-0.15, -0.1) is 0 Å². The molecule has 5 nitrogen and oxygen atoms in total. The average molecular weight is 277 g/mol. The van der Waals surface area contributed by atoms with Crippen molar-refractivity contribution in [3.05, 3.63) is 0 Å². The third-order valence-corrected chi connectivity index (χ3v) is 4.81. The highest BCUT2D eigenvalue weighted by atomic mass is 32.2. The van der Waals surface area contributed by atoms with Crippen LogP contribution in [0.25, 0.3) is 0 Å². The van der Waals surface area contributed by atoms with Crippen LogP contribution in [0.3, 0.4) is 0 Å². The lowest BCUT2D eigenvalue weighted by Crippen LogP contribution is -2.41. The molecule has 1 rings (SSSR count). The molecule has 108 valence electrons. The highest BCUT2D eigenvalue weighted by Crippen LogP contribution is 2.10. The molecule has 0 radical (unpaired) electrons. The minimum absolute atomic E-state index is 0.215. The molecule has 0 bridgehead atoms. The molecule has 0 aliphatic carbocycles. The van der Waals surface area contributed by atoms with Crippen molar-refractivity contribution >= 4 is 10.0 Å². The van der Waals surface area contributed by atoms with Gasteiger partial charge >= 0.3 is 0 Å². The largest absolute Gasteiger partial charge is 0.317 e. The summed E-state index contributed by atoms with van der Waals surface area (Å²) >= 11 is 0. The Morgan fingerprint density at radius 1 is 1.28 bits per heavy atom. The molecule has 1 unspecified atom stereocenters. The van der Waals surface area contributed by atoms with Gasteiger partial charge in [-0.25, -0.2) is 13.1 Å². The van der Waals surface area contributed by atoms with E-state index in [0.29, 0.717) is 19.0 Å². The molecule has 0 amide bonds. The summed E-state index contributed by atoms with van der Waals surface area (Å²) in [7, 11) is -3.10. The van der Waals surface area contributed by atoms with Gasteiger partial charge in [-0.3, -0.25) is 4.90 Å². The summed E-state index contributed by atoms with van der Waals surface area (Å²) in [6.45, 7) is 8.49. The van der Waals surface area contributed by atoms with E-state index in [-0.39, 0.29) is 5.75 Å². The summed E-state index contributed by atoms with van der Waals surface area (Å²) in [5.74, 6) is 0.215. The number of sulfonamides is 1. The van der Waals surface area contributed by atoms with Crippen LogP contribution >= 0.6 is 0 Å². The average Bonchev–Trinajstić information content (AvgIpc) is 2.86. The second-order valence-corrected chi connectivity index (χ2v) is 6.89. The van der Waals surface area contributed by atoms with Gasteiger partial charge in [0.25, 0.3) is 0 Å². The SMILES string of the molecule is CCNCCCS(=O)(=O)NCC(C)N1CCCC1. The van der Waals surface area contributed by atoms with Crippen LogP contribution in [0.15, 0.2) is 0 Å². The van der Waals surface area contributed by atoms with Gasteiger partial charge in [-0.05, 0) is 52.4 Å². The van der Waals surface area contributed by atoms with Gasteiger partial charge in [-0.2, -0.15) is 0 Å². The Balaban J connectivity index is 2.19. The molecule has 1 saturated heterocycles. The highest BCUT2D eigenvalue weighted by molar-refractivity contribution is 7.89. The summed E-state index contributed by atoms with van der Waals surface area (Å²) < 4.78 is 26.2. The van der Waals surface area contributed by atoms with Crippen molar-refractivity contribution in [2.24, 2.45) is 0 Å². The molecule has 1 atom stereocenters. The van der Waals surface area contributed by atoms with Gasteiger partial charge in [0.1, 0.15) is 0 Å². The Bertz CT molecular complexity index is 313. The molecule has 18 heavy (non-hydrogen) atoms. The van der Waals surface area contributed by atoms with E-state index in [1.807, 2.05) is 6.92 Å². The van der Waals surface area contributed by atoms with Crippen molar-refractivity contribution in [1.29, 1.82) is 0 Å². The Hall–Kier alpha value is -0.170. The lowest BCUT2D eigenvalue weighted by molar-refractivity contribution is 0.260. The summed E-state index contributed by atoms with van der Waals surface area (Å²) in [6.07, 6.45) is 3.14. The fourth-order valence-corrected chi connectivity index (χ4v) is 3.36. The van der Waals surface area contributed by atoms with Crippen LogP contribution in [0.5, 0.6) is 0 Å². The van der Waals surface area contributed by atoms with E-state index < -0.39 is 10.0 Å². The molecule has 6 heteroatoms. The van der Waals surface area contributed by atoms with Crippen molar-refractivity contribution in [2.45, 2.75) is 39.2 Å². The fourth-order valence-electron chi connectivity index (χ4n) is 2.20. The van der Waals surface area contributed by atoms with E-state index in [9.17, 15) is 8.42 Å². The first-order valence-corrected chi connectivity index (χ1v) is 8.62. The quantitative estimate of drug-likeness (QED) is 0.599. The lowest BCUT2D eigenvalue weighted by atomic mass is 10.3. The number of nitrogens with zero attached hydrogens (tertiary/aromatic N) is 1. The Morgan fingerprint density at radius 2 is 1.94 bits per heavy atom. The molecular weight excluding hydrogens is 250 g/mol. The smallest absolute Gasteiger partial charge is 0.211 e. The molecule has 2 N–H and O–H groups in total. The van der Waals surface area contributed by atoms with Crippen LogP contribution in [0, 0.1) is 0 Å². The van der Waals surface area contributed by atoms with E-state index >= 15 is 0 Å². The zero-order valence-electron chi connectivity index (χ0n) is 11.6. The van der Waals surface area contributed by atoms with Crippen LogP contribution in [-0.4, -0.2) is 57.8 Å². The van der Waals surface area contributed by atoms with E-state index in [4.69, 9.17) is 0 Å². The maximum absolute atomic E-state index is 11.8. The Morgan fingerprint density at radius 3 is 2.56 bits per heavy atom. The first-order chi connectivity index (χ1) is 8.55. The van der Waals surface area contributed by atoms with Gasteiger partial charge in [0, 0.05) is 12.6 Å². The predicted molar refractivity (Wildman–Crippen MR) is 75.2 cm³/mol. The summed E-state index contributed by atoms with van der Waals surface area (Å²) in [6, 6.07) is 0.302. The molecule has 1 fully saturated rings. The second-order valence-electron chi connectivity index (χ2n) is 4.97. The first-order valence-electron chi connectivity index (χ1n) is 6.97. The minimum Gasteiger partial charge on any atom is -0.317 e. The number of hydrogen-bond acceptors (Lipinski definition) is 4. The van der Waals surface area contributed by atoms with Crippen LogP contribution in [-0.2, 0) is 10.0 Å². The monoisotopic (exact) mass is 277 g/mol. The molecule has 0 aromatic heterocycles. The zero-order valence-corrected chi connectivity index (χ0v) is 12.4. The van der Waals surface area contributed by atoms with Crippen molar-refractivity contribution in [3.8, 4) is 0 Å². The van der Waals surface area contributed by atoms with E-state index in [1.165, 1.54) is 12.8 Å². The topological polar surface area (TPSA) is 61.4 Å². The van der Waals surface area contributed by atoms with Crippen LogP contribution in [0.1, 0.15) is 33.1 Å². The van der Waals surface area contributed by atoms with Crippen molar-refractivity contribution < 1.29 is 8.42 Å². The van der Waals surface area contributed by atoms with E-state index in [2.05, 4.69) is 21.9 Å². The van der Waals surface area contributed by atoms with Crippen molar-refractivity contribution in [2.75, 3.05) is 38.5 Å². The molecular formula is C12H27N3O2S. The molecule has 0 aromatic rings. The Kier molecular flexibility index (Phi) is 7.14. The normalized spacial score (nSPS) is 19.2. The van der Waals surface area contributed by atoms with Gasteiger partial charge in [0.05, 0.1) is 5.75 Å². The van der Waals surface area contributed by atoms with Gasteiger partial charge in [0.15, 0.2) is 0 Å². The minimum atomic E-state index is -3.10. The fraction of sp³-hybridized carbons (Fsp3) is 1.00. The standard InChI is InChI=1S/C12H27N3O2S/c1-3-13-7-6-10-18(16,17)14-11-12(2)15-8-4-5-9-15/h12-14H,3-11H2,1-2H3. The number of hydrogen-bond donors (Lipinski definition) is 2. The van der Waals surface area contributed by atoms with Crippen LogP contribution < -0.4 is 10.0 Å². The third kappa shape index (κ3) is 6.13.